The van der Waals surface area contributed by atoms with Crippen LogP contribution in [0.1, 0.15) is 22.7 Å². The van der Waals surface area contributed by atoms with Gasteiger partial charge in [0.05, 0.1) is 6.04 Å². The zero-order valence-corrected chi connectivity index (χ0v) is 16.3. The molecule has 0 aliphatic carbocycles. The molecule has 8 heteroatoms. The van der Waals surface area contributed by atoms with Crippen LogP contribution in [0.2, 0.25) is 5.02 Å². The maximum absolute atomic E-state index is 12.3. The van der Waals surface area contributed by atoms with Gasteiger partial charge in [-0.05, 0) is 52.6 Å². The highest BCUT2D eigenvalue weighted by atomic mass is 35.5. The van der Waals surface area contributed by atoms with Crippen molar-refractivity contribution in [2.45, 2.75) is 25.5 Å². The van der Waals surface area contributed by atoms with Crippen LogP contribution in [-0.4, -0.2) is 22.5 Å². The van der Waals surface area contributed by atoms with Gasteiger partial charge in [-0.15, -0.1) is 13.2 Å². The molecule has 2 heterocycles. The third kappa shape index (κ3) is 4.32. The highest BCUT2D eigenvalue weighted by Gasteiger charge is 2.33. The summed E-state index contributed by atoms with van der Waals surface area (Å²) < 4.78 is 40.9. The summed E-state index contributed by atoms with van der Waals surface area (Å²) in [7, 11) is 0. The molecule has 4 nitrogen and oxygen atoms in total. The minimum Gasteiger partial charge on any atom is -0.406 e. The summed E-state index contributed by atoms with van der Waals surface area (Å²) in [6, 6.07) is 12.7. The molecule has 1 aromatic heterocycles. The van der Waals surface area contributed by atoms with E-state index in [1.54, 1.807) is 24.5 Å². The highest BCUT2D eigenvalue weighted by Crippen LogP contribution is 2.41. The second kappa shape index (κ2) is 8.08. The van der Waals surface area contributed by atoms with Crippen LogP contribution in [0.25, 0.3) is 11.1 Å². The summed E-state index contributed by atoms with van der Waals surface area (Å²) in [4.78, 5) is 17.9. The van der Waals surface area contributed by atoms with Gasteiger partial charge < -0.3 is 9.53 Å². The third-order valence-corrected chi connectivity index (χ3v) is 5.26. The highest BCUT2D eigenvalue weighted by molar-refractivity contribution is 6.32. The van der Waals surface area contributed by atoms with Gasteiger partial charge in [-0.2, -0.15) is 0 Å². The second-order valence-corrected chi connectivity index (χ2v) is 7.36. The molecule has 0 bridgehead atoms. The Labute approximate surface area is 175 Å². The fourth-order valence-corrected chi connectivity index (χ4v) is 4.03. The normalized spacial score (nSPS) is 16.3. The molecule has 0 spiro atoms. The van der Waals surface area contributed by atoms with Crippen molar-refractivity contribution < 1.29 is 22.7 Å². The first-order valence-corrected chi connectivity index (χ1v) is 9.48. The third-order valence-electron chi connectivity index (χ3n) is 4.94. The SMILES string of the molecule is O=CC1c2c(Cl)cc(-c3cccnc3)cc2CN1Cc1ccc(OC(F)(F)F)cc1. The molecule has 0 N–H and O–H groups in total. The number of fused-ring (bicyclic) bond motifs is 1. The van der Waals surface area contributed by atoms with E-state index in [9.17, 15) is 18.0 Å². The molecule has 0 amide bonds. The van der Waals surface area contributed by atoms with Crippen LogP contribution < -0.4 is 4.74 Å². The predicted molar refractivity (Wildman–Crippen MR) is 106 cm³/mol. The maximum atomic E-state index is 12.3. The lowest BCUT2D eigenvalue weighted by atomic mass is 9.99. The van der Waals surface area contributed by atoms with Crippen LogP contribution in [0.4, 0.5) is 13.2 Å². The largest absolute Gasteiger partial charge is 0.573 e. The van der Waals surface area contributed by atoms with E-state index in [-0.39, 0.29) is 5.75 Å². The summed E-state index contributed by atoms with van der Waals surface area (Å²) in [5, 5.41) is 0.500. The number of aldehydes is 1. The van der Waals surface area contributed by atoms with Crippen molar-refractivity contribution in [1.82, 2.24) is 9.88 Å². The summed E-state index contributed by atoms with van der Waals surface area (Å²) in [6.45, 7) is 0.871. The number of hydrogen-bond acceptors (Lipinski definition) is 4. The van der Waals surface area contributed by atoms with Gasteiger partial charge in [0.15, 0.2) is 0 Å². The topological polar surface area (TPSA) is 42.4 Å². The van der Waals surface area contributed by atoms with Gasteiger partial charge in [-0.3, -0.25) is 9.88 Å². The number of halogens is 4. The Bertz CT molecular complexity index is 1060. The molecule has 0 fully saturated rings. The fourth-order valence-electron chi connectivity index (χ4n) is 3.68. The van der Waals surface area contributed by atoms with E-state index in [2.05, 4.69) is 9.72 Å². The number of pyridine rings is 1. The number of rotatable bonds is 5. The maximum Gasteiger partial charge on any atom is 0.573 e. The van der Waals surface area contributed by atoms with Crippen molar-refractivity contribution in [1.29, 1.82) is 0 Å². The van der Waals surface area contributed by atoms with Gasteiger partial charge in [0.25, 0.3) is 0 Å². The van der Waals surface area contributed by atoms with Crippen molar-refractivity contribution in [2.75, 3.05) is 0 Å². The molecule has 1 aliphatic heterocycles. The zero-order valence-electron chi connectivity index (χ0n) is 15.6. The van der Waals surface area contributed by atoms with E-state index in [4.69, 9.17) is 11.6 Å². The quantitative estimate of drug-likeness (QED) is 0.495. The number of nitrogens with zero attached hydrogens (tertiary/aromatic N) is 2. The minimum absolute atomic E-state index is 0.285. The Hall–Kier alpha value is -2.90. The number of alkyl halides is 3. The van der Waals surface area contributed by atoms with Crippen LogP contribution in [0, 0.1) is 0 Å². The monoisotopic (exact) mass is 432 g/mol. The first-order chi connectivity index (χ1) is 14.3. The van der Waals surface area contributed by atoms with E-state index < -0.39 is 12.4 Å². The standard InChI is InChI=1S/C22H16ClF3N2O2/c23-19-9-16(15-2-1-7-27-10-15)8-17-12-28(20(13-29)21(17)19)11-14-3-5-18(6-4-14)30-22(24,25)26/h1-10,13,20H,11-12H2. The van der Waals surface area contributed by atoms with Crippen molar-refractivity contribution >= 4 is 17.9 Å². The average molecular weight is 433 g/mol. The van der Waals surface area contributed by atoms with Gasteiger partial charge in [-0.1, -0.05) is 29.8 Å². The fraction of sp³-hybridized carbons (Fsp3) is 0.182. The number of ether oxygens (including phenoxy) is 1. The number of carbonyl (C=O) groups excluding carboxylic acids is 1. The van der Waals surface area contributed by atoms with Crippen molar-refractivity contribution in [3.63, 3.8) is 0 Å². The Kier molecular flexibility index (Phi) is 5.49. The summed E-state index contributed by atoms with van der Waals surface area (Å²) in [5.74, 6) is -0.285. The molecule has 4 rings (SSSR count). The van der Waals surface area contributed by atoms with E-state index >= 15 is 0 Å². The molecule has 0 saturated heterocycles. The second-order valence-electron chi connectivity index (χ2n) is 6.95. The number of hydrogen-bond donors (Lipinski definition) is 0. The Morgan fingerprint density at radius 1 is 1.17 bits per heavy atom. The molecular formula is C22H16ClF3N2O2. The summed E-state index contributed by atoms with van der Waals surface area (Å²) >= 11 is 6.52. The number of benzene rings is 2. The van der Waals surface area contributed by atoms with Crippen molar-refractivity contribution in [2.24, 2.45) is 0 Å². The van der Waals surface area contributed by atoms with Gasteiger partial charge in [0.2, 0.25) is 0 Å². The molecule has 0 radical (unpaired) electrons. The molecule has 3 aromatic rings. The molecule has 30 heavy (non-hydrogen) atoms. The van der Waals surface area contributed by atoms with Gasteiger partial charge >= 0.3 is 6.36 Å². The summed E-state index contributed by atoms with van der Waals surface area (Å²) in [5.41, 5.74) is 4.29. The zero-order chi connectivity index (χ0) is 21.3. The molecule has 1 aliphatic rings. The van der Waals surface area contributed by atoms with Crippen LogP contribution >= 0.6 is 11.6 Å². The van der Waals surface area contributed by atoms with Gasteiger partial charge in [0.1, 0.15) is 12.0 Å². The predicted octanol–water partition coefficient (Wildman–Crippen LogP) is 5.56. The Morgan fingerprint density at radius 2 is 1.93 bits per heavy atom. The van der Waals surface area contributed by atoms with E-state index in [0.717, 1.165) is 34.1 Å². The molecule has 0 saturated carbocycles. The smallest absolute Gasteiger partial charge is 0.406 e. The average Bonchev–Trinajstić information content (AvgIpc) is 3.06. The molecule has 1 atom stereocenters. The van der Waals surface area contributed by atoms with Crippen molar-refractivity contribution in [3.05, 3.63) is 82.6 Å². The number of aromatic nitrogens is 1. The van der Waals surface area contributed by atoms with Gasteiger partial charge in [0, 0.05) is 36.1 Å². The lowest BCUT2D eigenvalue weighted by Crippen LogP contribution is -2.22. The molecule has 2 aromatic carbocycles. The molecular weight excluding hydrogens is 417 g/mol. The van der Waals surface area contributed by atoms with Crippen LogP contribution in [0.15, 0.2) is 60.9 Å². The summed E-state index contributed by atoms with van der Waals surface area (Å²) in [6.07, 6.45) is -0.466. The van der Waals surface area contributed by atoms with Crippen LogP contribution in [-0.2, 0) is 17.9 Å². The van der Waals surface area contributed by atoms with E-state index in [1.165, 1.54) is 12.1 Å². The molecule has 1 unspecified atom stereocenters. The van der Waals surface area contributed by atoms with Crippen LogP contribution in [0.5, 0.6) is 5.75 Å². The van der Waals surface area contributed by atoms with Gasteiger partial charge in [-0.25, -0.2) is 0 Å². The first kappa shape index (κ1) is 20.4. The van der Waals surface area contributed by atoms with E-state index in [1.807, 2.05) is 29.2 Å². The lowest BCUT2D eigenvalue weighted by Gasteiger charge is -2.21. The Morgan fingerprint density at radius 3 is 2.57 bits per heavy atom. The van der Waals surface area contributed by atoms with Crippen LogP contribution in [0.3, 0.4) is 0 Å². The van der Waals surface area contributed by atoms with E-state index in [0.29, 0.717) is 18.1 Å². The molecule has 154 valence electrons. The van der Waals surface area contributed by atoms with Crippen molar-refractivity contribution in [3.8, 4) is 16.9 Å². The lowest BCUT2D eigenvalue weighted by molar-refractivity contribution is -0.274. The first-order valence-electron chi connectivity index (χ1n) is 9.11. The Balaban J connectivity index is 1.56. The minimum atomic E-state index is -4.73. The number of carbonyl (C=O) groups is 1.